The lowest BCUT2D eigenvalue weighted by Crippen LogP contribution is -2.24. The molecule has 2 N–H and O–H groups in total. The molecule has 0 fully saturated rings. The molecule has 0 bridgehead atoms. The number of hydrogen-bond acceptors (Lipinski definition) is 3. The normalized spacial score (nSPS) is 13.3. The molecule has 18 heavy (non-hydrogen) atoms. The fourth-order valence-electron chi connectivity index (χ4n) is 2.12. The first-order valence-electron chi connectivity index (χ1n) is 7.28. The molecule has 0 aromatic rings. The van der Waals surface area contributed by atoms with Crippen LogP contribution in [0.15, 0.2) is 0 Å². The van der Waals surface area contributed by atoms with Gasteiger partial charge in [0.25, 0.3) is 0 Å². The van der Waals surface area contributed by atoms with Crippen molar-refractivity contribution < 1.29 is 5.11 Å². The predicted octanol–water partition coefficient (Wildman–Crippen LogP) is 3.09. The van der Waals surface area contributed by atoms with Crippen LogP contribution in [0.1, 0.15) is 59.3 Å². The van der Waals surface area contributed by atoms with E-state index in [1.807, 2.05) is 13.8 Å². The lowest BCUT2D eigenvalue weighted by molar-refractivity contribution is 0.248. The molecule has 3 heteroatoms. The van der Waals surface area contributed by atoms with Crippen molar-refractivity contribution in [2.75, 3.05) is 19.7 Å². The molecule has 3 nitrogen and oxygen atoms in total. The molecule has 0 aliphatic rings. The smallest absolute Gasteiger partial charge is 0.0683 e. The highest BCUT2D eigenvalue weighted by Crippen LogP contribution is 2.21. The fourth-order valence-corrected chi connectivity index (χ4v) is 2.12. The Balaban J connectivity index is 3.52. The minimum Gasteiger partial charge on any atom is -0.396 e. The second kappa shape index (κ2) is 10.3. The minimum absolute atomic E-state index is 0.179. The Hall–Kier alpha value is -0.590. The molecule has 0 saturated heterocycles. The van der Waals surface area contributed by atoms with E-state index >= 15 is 0 Å². The monoisotopic (exact) mass is 254 g/mol. The molecule has 0 aromatic heterocycles. The second-order valence-corrected chi connectivity index (χ2v) is 5.82. The van der Waals surface area contributed by atoms with Crippen molar-refractivity contribution in [3.63, 3.8) is 0 Å². The third-order valence-corrected chi connectivity index (χ3v) is 3.38. The summed E-state index contributed by atoms with van der Waals surface area (Å²) in [5.41, 5.74) is -0.179. The lowest BCUT2D eigenvalue weighted by atomic mass is 9.89. The van der Waals surface area contributed by atoms with Crippen LogP contribution in [0.4, 0.5) is 0 Å². The summed E-state index contributed by atoms with van der Waals surface area (Å²) >= 11 is 0. The summed E-state index contributed by atoms with van der Waals surface area (Å²) in [5, 5.41) is 21.3. The molecule has 1 unspecified atom stereocenters. The zero-order chi connectivity index (χ0) is 13.9. The van der Waals surface area contributed by atoms with Gasteiger partial charge in [-0.05, 0) is 58.5 Å². The van der Waals surface area contributed by atoms with Crippen LogP contribution in [-0.2, 0) is 0 Å². The van der Waals surface area contributed by atoms with Gasteiger partial charge in [-0.2, -0.15) is 5.26 Å². The van der Waals surface area contributed by atoms with Crippen molar-refractivity contribution in [1.82, 2.24) is 5.32 Å². The van der Waals surface area contributed by atoms with Crippen LogP contribution < -0.4 is 5.32 Å². The van der Waals surface area contributed by atoms with Crippen molar-refractivity contribution in [2.24, 2.45) is 11.3 Å². The molecule has 0 spiro atoms. The molecular formula is C15H30N2O. The van der Waals surface area contributed by atoms with Crippen molar-refractivity contribution in [1.29, 1.82) is 5.26 Å². The van der Waals surface area contributed by atoms with Gasteiger partial charge in [-0.1, -0.05) is 19.8 Å². The van der Waals surface area contributed by atoms with E-state index in [1.54, 1.807) is 0 Å². The number of aliphatic hydroxyl groups excluding tert-OH is 1. The highest BCUT2D eigenvalue weighted by molar-refractivity contribution is 4.91. The second-order valence-electron chi connectivity index (χ2n) is 5.82. The number of aliphatic hydroxyl groups is 1. The Kier molecular flexibility index (Phi) is 10.0. The zero-order valence-corrected chi connectivity index (χ0v) is 12.3. The Morgan fingerprint density at radius 3 is 2.56 bits per heavy atom. The van der Waals surface area contributed by atoms with Crippen molar-refractivity contribution in [2.45, 2.75) is 59.3 Å². The van der Waals surface area contributed by atoms with Crippen molar-refractivity contribution in [3.05, 3.63) is 0 Å². The van der Waals surface area contributed by atoms with E-state index in [1.165, 1.54) is 12.8 Å². The fraction of sp³-hybridized carbons (Fsp3) is 0.933. The summed E-state index contributed by atoms with van der Waals surface area (Å²) in [6.45, 7) is 8.51. The Bertz CT molecular complexity index is 227. The molecule has 0 amide bonds. The maximum Gasteiger partial charge on any atom is 0.0683 e. The van der Waals surface area contributed by atoms with Gasteiger partial charge in [0.1, 0.15) is 0 Å². The quantitative estimate of drug-likeness (QED) is 0.557. The summed E-state index contributed by atoms with van der Waals surface area (Å²) < 4.78 is 0. The SMILES string of the molecule is CCCC(CCO)CNCCCCC(C)(C)C#N. The largest absolute Gasteiger partial charge is 0.396 e. The van der Waals surface area contributed by atoms with Gasteiger partial charge in [-0.3, -0.25) is 0 Å². The molecule has 0 saturated carbocycles. The van der Waals surface area contributed by atoms with E-state index in [0.29, 0.717) is 12.5 Å². The van der Waals surface area contributed by atoms with E-state index in [-0.39, 0.29) is 5.41 Å². The average molecular weight is 254 g/mol. The Morgan fingerprint density at radius 1 is 1.28 bits per heavy atom. The van der Waals surface area contributed by atoms with Gasteiger partial charge in [0.05, 0.1) is 11.5 Å². The van der Waals surface area contributed by atoms with Crippen LogP contribution >= 0.6 is 0 Å². The van der Waals surface area contributed by atoms with Gasteiger partial charge in [-0.15, -0.1) is 0 Å². The van der Waals surface area contributed by atoms with Crippen LogP contribution in [0.3, 0.4) is 0 Å². The molecule has 0 aromatic carbocycles. The Morgan fingerprint density at radius 2 is 2.00 bits per heavy atom. The summed E-state index contributed by atoms with van der Waals surface area (Å²) in [4.78, 5) is 0. The first-order valence-corrected chi connectivity index (χ1v) is 7.28. The van der Waals surface area contributed by atoms with Crippen LogP contribution in [-0.4, -0.2) is 24.8 Å². The lowest BCUT2D eigenvalue weighted by Gasteiger charge is -2.17. The molecule has 0 rings (SSSR count). The zero-order valence-electron chi connectivity index (χ0n) is 12.3. The van der Waals surface area contributed by atoms with Gasteiger partial charge in [0.15, 0.2) is 0 Å². The molecule has 0 heterocycles. The highest BCUT2D eigenvalue weighted by atomic mass is 16.3. The molecule has 0 radical (unpaired) electrons. The first-order chi connectivity index (χ1) is 8.55. The van der Waals surface area contributed by atoms with Crippen LogP contribution in [0.25, 0.3) is 0 Å². The van der Waals surface area contributed by atoms with Gasteiger partial charge >= 0.3 is 0 Å². The molecule has 106 valence electrons. The predicted molar refractivity (Wildman–Crippen MR) is 76.2 cm³/mol. The first kappa shape index (κ1) is 17.4. The third kappa shape index (κ3) is 9.44. The summed E-state index contributed by atoms with van der Waals surface area (Å²) in [5.74, 6) is 0.607. The van der Waals surface area contributed by atoms with Crippen LogP contribution in [0.2, 0.25) is 0 Å². The van der Waals surface area contributed by atoms with Crippen LogP contribution in [0.5, 0.6) is 0 Å². The van der Waals surface area contributed by atoms with E-state index in [4.69, 9.17) is 10.4 Å². The summed E-state index contributed by atoms with van der Waals surface area (Å²) in [6.07, 6.45) is 6.48. The molecule has 1 atom stereocenters. The molecular weight excluding hydrogens is 224 g/mol. The van der Waals surface area contributed by atoms with E-state index < -0.39 is 0 Å². The topological polar surface area (TPSA) is 56.0 Å². The number of nitrogens with zero attached hydrogens (tertiary/aromatic N) is 1. The van der Waals surface area contributed by atoms with Crippen LogP contribution in [0, 0.1) is 22.7 Å². The van der Waals surface area contributed by atoms with Gasteiger partial charge < -0.3 is 10.4 Å². The summed E-state index contributed by atoms with van der Waals surface area (Å²) in [6, 6.07) is 2.34. The van der Waals surface area contributed by atoms with Crippen molar-refractivity contribution in [3.8, 4) is 6.07 Å². The molecule has 0 aliphatic heterocycles. The van der Waals surface area contributed by atoms with E-state index in [2.05, 4.69) is 18.3 Å². The van der Waals surface area contributed by atoms with Gasteiger partial charge in [-0.25, -0.2) is 0 Å². The number of unbranched alkanes of at least 4 members (excludes halogenated alkanes) is 1. The minimum atomic E-state index is -0.179. The maximum absolute atomic E-state index is 8.96. The third-order valence-electron chi connectivity index (χ3n) is 3.38. The van der Waals surface area contributed by atoms with Gasteiger partial charge in [0, 0.05) is 6.61 Å². The number of rotatable bonds is 11. The average Bonchev–Trinajstić information content (AvgIpc) is 2.34. The Labute approximate surface area is 113 Å². The number of nitriles is 1. The van der Waals surface area contributed by atoms with E-state index in [0.717, 1.165) is 38.8 Å². The maximum atomic E-state index is 8.96. The number of hydrogen-bond donors (Lipinski definition) is 2. The number of nitrogens with one attached hydrogen (secondary N) is 1. The highest BCUT2D eigenvalue weighted by Gasteiger charge is 2.15. The summed E-state index contributed by atoms with van der Waals surface area (Å²) in [7, 11) is 0. The standard InChI is InChI=1S/C15H30N2O/c1-4-7-14(8-11-18)12-17-10-6-5-9-15(2,3)13-16/h14,17-18H,4-12H2,1-3H3. The van der Waals surface area contributed by atoms with Crippen molar-refractivity contribution >= 4 is 0 Å². The van der Waals surface area contributed by atoms with Gasteiger partial charge in [0.2, 0.25) is 0 Å². The molecule has 0 aliphatic carbocycles. The van der Waals surface area contributed by atoms with E-state index in [9.17, 15) is 0 Å².